The van der Waals surface area contributed by atoms with Gasteiger partial charge in [0.2, 0.25) is 0 Å². The molecular formula is C15H22ClNO2. The molecule has 0 heterocycles. The van der Waals surface area contributed by atoms with Crippen molar-refractivity contribution < 1.29 is 9.90 Å². The highest BCUT2D eigenvalue weighted by atomic mass is 35.5. The molecule has 0 aliphatic heterocycles. The zero-order valence-corrected chi connectivity index (χ0v) is 12.7. The van der Waals surface area contributed by atoms with Crippen molar-refractivity contribution >= 4 is 17.6 Å². The highest BCUT2D eigenvalue weighted by Gasteiger charge is 2.08. The van der Waals surface area contributed by atoms with Crippen molar-refractivity contribution in [2.45, 2.75) is 26.1 Å². The number of rotatable bonds is 4. The number of alkyl halides is 1. The zero-order valence-electron chi connectivity index (χ0n) is 12.0. The SMILES string of the molecule is CC/C(=C(/C)C(=O)O)N(C)C.ClCc1ccccc1. The summed E-state index contributed by atoms with van der Waals surface area (Å²) >= 11 is 5.53. The molecule has 1 rings (SSSR count). The number of aliphatic carboxylic acids is 1. The molecule has 0 bridgehead atoms. The molecular weight excluding hydrogens is 262 g/mol. The molecule has 0 fully saturated rings. The van der Waals surface area contributed by atoms with Gasteiger partial charge in [-0.2, -0.15) is 0 Å². The second-order valence-electron chi connectivity index (χ2n) is 4.24. The summed E-state index contributed by atoms with van der Waals surface area (Å²) in [6.07, 6.45) is 0.755. The van der Waals surface area contributed by atoms with Gasteiger partial charge in [0.25, 0.3) is 0 Å². The molecule has 0 radical (unpaired) electrons. The van der Waals surface area contributed by atoms with Crippen LogP contribution in [0.5, 0.6) is 0 Å². The predicted molar refractivity (Wildman–Crippen MR) is 80.3 cm³/mol. The van der Waals surface area contributed by atoms with Crippen LogP contribution in [0.4, 0.5) is 0 Å². The lowest BCUT2D eigenvalue weighted by molar-refractivity contribution is -0.132. The summed E-state index contributed by atoms with van der Waals surface area (Å²) in [6.45, 7) is 3.57. The first-order valence-electron chi connectivity index (χ1n) is 6.14. The van der Waals surface area contributed by atoms with Gasteiger partial charge in [-0.1, -0.05) is 37.3 Å². The van der Waals surface area contributed by atoms with Crippen LogP contribution in [0.3, 0.4) is 0 Å². The van der Waals surface area contributed by atoms with Gasteiger partial charge in [-0.3, -0.25) is 0 Å². The van der Waals surface area contributed by atoms with E-state index in [1.807, 2.05) is 56.3 Å². The lowest BCUT2D eigenvalue weighted by Gasteiger charge is -2.17. The molecule has 0 spiro atoms. The Balaban J connectivity index is 0.000000356. The zero-order chi connectivity index (χ0) is 14.8. The van der Waals surface area contributed by atoms with E-state index in [2.05, 4.69) is 0 Å². The molecule has 1 aromatic rings. The van der Waals surface area contributed by atoms with E-state index in [0.29, 0.717) is 11.5 Å². The summed E-state index contributed by atoms with van der Waals surface area (Å²) < 4.78 is 0. The number of hydrogen-bond acceptors (Lipinski definition) is 2. The van der Waals surface area contributed by atoms with E-state index in [1.54, 1.807) is 6.92 Å². The Bertz CT molecular complexity index is 413. The van der Waals surface area contributed by atoms with E-state index in [9.17, 15) is 4.79 Å². The number of nitrogens with zero attached hydrogens (tertiary/aromatic N) is 1. The van der Waals surface area contributed by atoms with Crippen molar-refractivity contribution in [3.05, 3.63) is 47.2 Å². The van der Waals surface area contributed by atoms with Crippen LogP contribution in [0.2, 0.25) is 0 Å². The van der Waals surface area contributed by atoms with Gasteiger partial charge in [-0.25, -0.2) is 4.79 Å². The predicted octanol–water partition coefficient (Wildman–Crippen LogP) is 3.74. The maximum absolute atomic E-state index is 10.5. The van der Waals surface area contributed by atoms with Crippen LogP contribution >= 0.6 is 11.6 Å². The molecule has 106 valence electrons. The highest BCUT2D eigenvalue weighted by Crippen LogP contribution is 2.10. The van der Waals surface area contributed by atoms with Gasteiger partial charge in [0.15, 0.2) is 0 Å². The smallest absolute Gasteiger partial charge is 0.333 e. The molecule has 0 amide bonds. The summed E-state index contributed by atoms with van der Waals surface area (Å²) in [4.78, 5) is 12.4. The van der Waals surface area contributed by atoms with Crippen molar-refractivity contribution in [1.29, 1.82) is 0 Å². The molecule has 1 aromatic carbocycles. The molecule has 4 heteroatoms. The van der Waals surface area contributed by atoms with E-state index in [0.717, 1.165) is 12.1 Å². The third kappa shape index (κ3) is 6.87. The standard InChI is InChI=1S/C8H15NO2.C7H7Cl/c1-5-7(9(3)4)6(2)8(10)11;8-6-7-4-2-1-3-5-7/h5H2,1-4H3,(H,10,11);1-5H,6H2/b7-6+;. The quantitative estimate of drug-likeness (QED) is 0.676. The minimum atomic E-state index is -0.837. The number of halogens is 1. The van der Waals surface area contributed by atoms with Crippen molar-refractivity contribution in [2.75, 3.05) is 14.1 Å². The van der Waals surface area contributed by atoms with E-state index in [1.165, 1.54) is 5.56 Å². The van der Waals surface area contributed by atoms with Crippen molar-refractivity contribution in [3.63, 3.8) is 0 Å². The Labute approximate surface area is 120 Å². The largest absolute Gasteiger partial charge is 0.478 e. The van der Waals surface area contributed by atoms with Gasteiger partial charge in [0.1, 0.15) is 0 Å². The number of allylic oxidation sites excluding steroid dienone is 1. The fourth-order valence-corrected chi connectivity index (χ4v) is 1.79. The normalized spacial score (nSPS) is 11.0. The number of hydrogen-bond donors (Lipinski definition) is 1. The summed E-state index contributed by atoms with van der Waals surface area (Å²) in [5.41, 5.74) is 2.48. The number of benzene rings is 1. The molecule has 3 nitrogen and oxygen atoms in total. The molecule has 0 aliphatic carbocycles. The van der Waals surface area contributed by atoms with Crippen molar-refractivity contribution in [3.8, 4) is 0 Å². The Kier molecular flexibility index (Phi) is 8.71. The Morgan fingerprint density at radius 3 is 2.00 bits per heavy atom. The van der Waals surface area contributed by atoms with Crippen LogP contribution in [0.25, 0.3) is 0 Å². The minimum absolute atomic E-state index is 0.428. The Hall–Kier alpha value is -1.48. The maximum Gasteiger partial charge on any atom is 0.333 e. The van der Waals surface area contributed by atoms with Crippen LogP contribution in [-0.2, 0) is 10.7 Å². The van der Waals surface area contributed by atoms with Gasteiger partial charge in [-0.15, -0.1) is 11.6 Å². The molecule has 1 N–H and O–H groups in total. The van der Waals surface area contributed by atoms with Gasteiger partial charge in [0, 0.05) is 25.7 Å². The summed E-state index contributed by atoms with van der Waals surface area (Å²) in [5, 5.41) is 8.65. The first-order chi connectivity index (χ1) is 8.93. The van der Waals surface area contributed by atoms with Crippen LogP contribution < -0.4 is 0 Å². The average Bonchev–Trinajstić information content (AvgIpc) is 2.40. The van der Waals surface area contributed by atoms with Crippen LogP contribution in [0.15, 0.2) is 41.6 Å². The lowest BCUT2D eigenvalue weighted by Crippen LogP contribution is -2.15. The molecule has 0 unspecified atom stereocenters. The van der Waals surface area contributed by atoms with E-state index in [4.69, 9.17) is 16.7 Å². The van der Waals surface area contributed by atoms with Crippen molar-refractivity contribution in [1.82, 2.24) is 4.90 Å². The molecule has 0 atom stereocenters. The Morgan fingerprint density at radius 1 is 1.26 bits per heavy atom. The second kappa shape index (κ2) is 9.45. The number of carboxylic acids is 1. The molecule has 0 saturated heterocycles. The van der Waals surface area contributed by atoms with Gasteiger partial charge < -0.3 is 10.0 Å². The molecule has 0 aliphatic rings. The fraction of sp³-hybridized carbons (Fsp3) is 0.400. The third-order valence-electron chi connectivity index (χ3n) is 2.63. The van der Waals surface area contributed by atoms with Crippen LogP contribution in [0, 0.1) is 0 Å². The van der Waals surface area contributed by atoms with Crippen LogP contribution in [0.1, 0.15) is 25.8 Å². The topological polar surface area (TPSA) is 40.5 Å². The summed E-state index contributed by atoms with van der Waals surface area (Å²) in [6, 6.07) is 9.96. The number of carbonyl (C=O) groups is 1. The van der Waals surface area contributed by atoms with Gasteiger partial charge >= 0.3 is 5.97 Å². The van der Waals surface area contributed by atoms with E-state index >= 15 is 0 Å². The molecule has 19 heavy (non-hydrogen) atoms. The van der Waals surface area contributed by atoms with Gasteiger partial charge in [-0.05, 0) is 18.9 Å². The second-order valence-corrected chi connectivity index (χ2v) is 4.51. The highest BCUT2D eigenvalue weighted by molar-refractivity contribution is 6.17. The number of carboxylic acid groups (broad SMARTS) is 1. The first-order valence-corrected chi connectivity index (χ1v) is 6.67. The third-order valence-corrected chi connectivity index (χ3v) is 2.93. The maximum atomic E-state index is 10.5. The lowest BCUT2D eigenvalue weighted by atomic mass is 10.2. The first kappa shape index (κ1) is 17.5. The van der Waals surface area contributed by atoms with Gasteiger partial charge in [0.05, 0.1) is 5.57 Å². The summed E-state index contributed by atoms with van der Waals surface area (Å²) in [7, 11) is 3.70. The summed E-state index contributed by atoms with van der Waals surface area (Å²) in [5.74, 6) is -0.226. The fourth-order valence-electron chi connectivity index (χ4n) is 1.61. The minimum Gasteiger partial charge on any atom is -0.478 e. The molecule has 0 aromatic heterocycles. The van der Waals surface area contributed by atoms with E-state index < -0.39 is 5.97 Å². The average molecular weight is 284 g/mol. The molecule has 0 saturated carbocycles. The monoisotopic (exact) mass is 283 g/mol. The van der Waals surface area contributed by atoms with E-state index in [-0.39, 0.29) is 0 Å². The van der Waals surface area contributed by atoms with Crippen LogP contribution in [-0.4, -0.2) is 30.1 Å². The van der Waals surface area contributed by atoms with Crippen molar-refractivity contribution in [2.24, 2.45) is 0 Å². The Morgan fingerprint density at radius 2 is 1.79 bits per heavy atom.